The molecule has 4 heteroatoms. The Kier molecular flexibility index (Phi) is 1.97. The van der Waals surface area contributed by atoms with E-state index in [2.05, 4.69) is 6.92 Å². The van der Waals surface area contributed by atoms with Gasteiger partial charge in [-0.25, -0.2) is 0 Å². The molecule has 0 radical (unpaired) electrons. The second kappa shape index (κ2) is 3.03. The van der Waals surface area contributed by atoms with Crippen molar-refractivity contribution >= 4 is 5.78 Å². The maximum absolute atomic E-state index is 11.7. The summed E-state index contributed by atoms with van der Waals surface area (Å²) >= 11 is 0. The average Bonchev–Trinajstić information content (AvgIpc) is 2.67. The van der Waals surface area contributed by atoms with Gasteiger partial charge in [0.25, 0.3) is 5.97 Å². The predicted octanol–water partition coefficient (Wildman–Crippen LogP) is 1.09. The molecule has 1 saturated carbocycles. The second-order valence-electron chi connectivity index (χ2n) is 5.19. The summed E-state index contributed by atoms with van der Waals surface area (Å²) in [6.07, 6.45) is 2.40. The van der Waals surface area contributed by atoms with Crippen LogP contribution in [0.2, 0.25) is 0 Å². The zero-order valence-electron chi connectivity index (χ0n) is 8.95. The highest BCUT2D eigenvalue weighted by molar-refractivity contribution is 5.83. The standard InChI is InChI=1S/C11H16O4/c1-10-5-13-11(14-6-10,15-7-10)8-3-2-4-9(8)12/h8H,2-7H2,1H3. The Labute approximate surface area is 88.9 Å². The number of carbonyl (C=O) groups is 1. The number of ether oxygens (including phenoxy) is 3. The molecule has 0 aromatic rings. The van der Waals surface area contributed by atoms with Crippen LogP contribution >= 0.6 is 0 Å². The predicted molar refractivity (Wildman–Crippen MR) is 51.0 cm³/mol. The van der Waals surface area contributed by atoms with Crippen LogP contribution in [0.25, 0.3) is 0 Å². The van der Waals surface area contributed by atoms with Gasteiger partial charge in [0.15, 0.2) is 0 Å². The lowest BCUT2D eigenvalue weighted by molar-refractivity contribution is -0.478. The maximum Gasteiger partial charge on any atom is 0.293 e. The first-order chi connectivity index (χ1) is 7.14. The Bertz CT molecular complexity index is 274. The van der Waals surface area contributed by atoms with Crippen LogP contribution in [0.15, 0.2) is 0 Å². The molecule has 0 amide bonds. The number of fused-ring (bicyclic) bond motifs is 3. The van der Waals surface area contributed by atoms with Gasteiger partial charge in [-0.1, -0.05) is 6.92 Å². The summed E-state index contributed by atoms with van der Waals surface area (Å²) in [5.41, 5.74) is -0.0244. The molecule has 4 aliphatic rings. The lowest BCUT2D eigenvalue weighted by Gasteiger charge is -2.52. The van der Waals surface area contributed by atoms with Crippen LogP contribution in [-0.2, 0) is 19.0 Å². The molecule has 3 aliphatic heterocycles. The molecule has 0 spiro atoms. The van der Waals surface area contributed by atoms with E-state index in [1.165, 1.54) is 0 Å². The molecule has 1 atom stereocenters. The van der Waals surface area contributed by atoms with Crippen LogP contribution in [0.1, 0.15) is 26.2 Å². The van der Waals surface area contributed by atoms with Crippen molar-refractivity contribution in [3.05, 3.63) is 0 Å². The van der Waals surface area contributed by atoms with Crippen LogP contribution in [0, 0.1) is 11.3 Å². The first-order valence-electron chi connectivity index (χ1n) is 5.58. The van der Waals surface area contributed by atoms with Gasteiger partial charge in [0.2, 0.25) is 0 Å². The van der Waals surface area contributed by atoms with Gasteiger partial charge in [-0.05, 0) is 12.8 Å². The zero-order chi connectivity index (χ0) is 10.5. The molecule has 4 fully saturated rings. The van der Waals surface area contributed by atoms with Gasteiger partial charge in [-0.15, -0.1) is 0 Å². The van der Waals surface area contributed by atoms with E-state index in [1.54, 1.807) is 0 Å². The minimum Gasteiger partial charge on any atom is -0.326 e. The van der Waals surface area contributed by atoms with Crippen LogP contribution in [0.3, 0.4) is 0 Å². The van der Waals surface area contributed by atoms with Gasteiger partial charge in [-0.3, -0.25) is 4.79 Å². The molecule has 0 N–H and O–H groups in total. The van der Waals surface area contributed by atoms with Crippen molar-refractivity contribution in [2.24, 2.45) is 11.3 Å². The monoisotopic (exact) mass is 212 g/mol. The van der Waals surface area contributed by atoms with Crippen molar-refractivity contribution in [1.29, 1.82) is 0 Å². The van der Waals surface area contributed by atoms with Crippen molar-refractivity contribution in [2.45, 2.75) is 32.2 Å². The van der Waals surface area contributed by atoms with Gasteiger partial charge < -0.3 is 14.2 Å². The molecule has 84 valence electrons. The van der Waals surface area contributed by atoms with E-state index in [4.69, 9.17) is 14.2 Å². The molecule has 15 heavy (non-hydrogen) atoms. The molecule has 3 heterocycles. The number of Topliss-reactive ketones (excluding diaryl/α,β-unsaturated/α-hetero) is 1. The number of carbonyl (C=O) groups excluding carboxylic acids is 1. The van der Waals surface area contributed by atoms with Gasteiger partial charge in [0, 0.05) is 11.8 Å². The fourth-order valence-corrected chi connectivity index (χ4v) is 2.57. The van der Waals surface area contributed by atoms with Crippen molar-refractivity contribution in [2.75, 3.05) is 19.8 Å². The molecular weight excluding hydrogens is 196 g/mol. The second-order valence-corrected chi connectivity index (χ2v) is 5.19. The third-order valence-electron chi connectivity index (χ3n) is 3.60. The van der Waals surface area contributed by atoms with Crippen molar-refractivity contribution in [3.63, 3.8) is 0 Å². The number of rotatable bonds is 1. The summed E-state index contributed by atoms with van der Waals surface area (Å²) < 4.78 is 17.0. The summed E-state index contributed by atoms with van der Waals surface area (Å²) in [5, 5.41) is 0. The van der Waals surface area contributed by atoms with Gasteiger partial charge in [0.1, 0.15) is 5.78 Å². The minimum absolute atomic E-state index is 0.0244. The molecule has 0 aromatic carbocycles. The average molecular weight is 212 g/mol. The Hall–Kier alpha value is -0.450. The van der Waals surface area contributed by atoms with E-state index in [1.807, 2.05) is 0 Å². The van der Waals surface area contributed by atoms with Crippen LogP contribution in [0.5, 0.6) is 0 Å². The summed E-state index contributed by atoms with van der Waals surface area (Å²) in [5.74, 6) is -1.02. The van der Waals surface area contributed by atoms with E-state index < -0.39 is 5.97 Å². The van der Waals surface area contributed by atoms with Gasteiger partial charge in [-0.2, -0.15) is 0 Å². The molecule has 3 saturated heterocycles. The van der Waals surface area contributed by atoms with Crippen molar-refractivity contribution in [3.8, 4) is 0 Å². The van der Waals surface area contributed by atoms with Crippen LogP contribution in [0.4, 0.5) is 0 Å². The van der Waals surface area contributed by atoms with Crippen molar-refractivity contribution < 1.29 is 19.0 Å². The van der Waals surface area contributed by atoms with E-state index in [9.17, 15) is 4.79 Å². The highest BCUT2D eigenvalue weighted by atomic mass is 16.9. The molecule has 2 bridgehead atoms. The molecule has 1 unspecified atom stereocenters. The van der Waals surface area contributed by atoms with E-state index >= 15 is 0 Å². The topological polar surface area (TPSA) is 44.8 Å². The fraction of sp³-hybridized carbons (Fsp3) is 0.909. The Morgan fingerprint density at radius 1 is 1.20 bits per heavy atom. The Balaban J connectivity index is 1.83. The lowest BCUT2D eigenvalue weighted by atomic mass is 9.89. The van der Waals surface area contributed by atoms with Gasteiger partial charge in [0.05, 0.1) is 25.7 Å². The third-order valence-corrected chi connectivity index (χ3v) is 3.60. The molecule has 4 rings (SSSR count). The zero-order valence-corrected chi connectivity index (χ0v) is 8.95. The van der Waals surface area contributed by atoms with E-state index in [0.29, 0.717) is 26.2 Å². The van der Waals surface area contributed by atoms with Crippen LogP contribution in [-0.4, -0.2) is 31.6 Å². The summed E-state index contributed by atoms with van der Waals surface area (Å²) in [7, 11) is 0. The fourth-order valence-electron chi connectivity index (χ4n) is 2.57. The highest BCUT2D eigenvalue weighted by Gasteiger charge is 2.57. The smallest absolute Gasteiger partial charge is 0.293 e. The number of ketones is 1. The SMILES string of the molecule is CC12COC(C3CCCC3=O)(OC1)OC2. The molecule has 4 nitrogen and oxygen atoms in total. The summed E-state index contributed by atoms with van der Waals surface area (Å²) in [6.45, 7) is 3.98. The first-order valence-corrected chi connectivity index (χ1v) is 5.58. The maximum atomic E-state index is 11.7. The number of hydrogen-bond acceptors (Lipinski definition) is 4. The third kappa shape index (κ3) is 1.35. The largest absolute Gasteiger partial charge is 0.326 e. The van der Waals surface area contributed by atoms with Gasteiger partial charge >= 0.3 is 0 Å². The van der Waals surface area contributed by atoms with Crippen LogP contribution < -0.4 is 0 Å². The Morgan fingerprint density at radius 3 is 2.27 bits per heavy atom. The van der Waals surface area contributed by atoms with E-state index in [-0.39, 0.29) is 17.1 Å². The quantitative estimate of drug-likeness (QED) is 0.652. The highest BCUT2D eigenvalue weighted by Crippen LogP contribution is 2.45. The molecule has 1 aliphatic carbocycles. The Morgan fingerprint density at radius 2 is 1.80 bits per heavy atom. The molecule has 0 aromatic heterocycles. The van der Waals surface area contributed by atoms with Crippen molar-refractivity contribution in [1.82, 2.24) is 0 Å². The van der Waals surface area contributed by atoms with E-state index in [0.717, 1.165) is 12.8 Å². The number of hydrogen-bond donors (Lipinski definition) is 0. The minimum atomic E-state index is -1.04. The summed E-state index contributed by atoms with van der Waals surface area (Å²) in [6, 6.07) is 0. The normalized spacial score (nSPS) is 49.9. The first kappa shape index (κ1) is 9.75. The summed E-state index contributed by atoms with van der Waals surface area (Å²) in [4.78, 5) is 11.7. The lowest BCUT2D eigenvalue weighted by Crippen LogP contribution is -2.62. The molecular formula is C11H16O4.